The molecule has 82 valence electrons. The number of nitro benzene ring substituents is 1. The number of nitro groups is 1. The molecule has 1 aromatic heterocycles. The molecule has 1 aromatic carbocycles. The van der Waals surface area contributed by atoms with Gasteiger partial charge in [-0.05, 0) is 12.5 Å². The fourth-order valence-corrected chi connectivity index (χ4v) is 1.62. The number of fused-ring (bicyclic) bond motifs is 1. The maximum Gasteiger partial charge on any atom is 0.344 e. The molecule has 0 fully saturated rings. The molecule has 0 aliphatic rings. The van der Waals surface area contributed by atoms with Crippen molar-refractivity contribution in [3.8, 4) is 0 Å². The number of aromatic carboxylic acids is 1. The van der Waals surface area contributed by atoms with Gasteiger partial charge in [-0.3, -0.25) is 10.1 Å². The Balaban J connectivity index is 2.94. The van der Waals surface area contributed by atoms with Crippen LogP contribution >= 0.6 is 0 Å². The van der Waals surface area contributed by atoms with Gasteiger partial charge in [0, 0.05) is 6.07 Å². The second kappa shape index (κ2) is 3.30. The number of imidazole rings is 1. The Hall–Kier alpha value is -2.44. The van der Waals surface area contributed by atoms with Gasteiger partial charge in [0.2, 0.25) is 0 Å². The number of carboxylic acid groups (broad SMARTS) is 1. The zero-order valence-electron chi connectivity index (χ0n) is 8.22. The van der Waals surface area contributed by atoms with E-state index in [-0.39, 0.29) is 11.1 Å². The number of aryl methyl sites for hydroxylation is 1. The molecule has 0 unspecified atom stereocenters. The highest BCUT2D eigenvalue weighted by molar-refractivity contribution is 6.05. The SMILES string of the molecule is Cc1cc([N+](=O)[O-])c(C(=O)O)c2[nH]cnc12. The van der Waals surface area contributed by atoms with Gasteiger partial charge in [0.15, 0.2) is 5.56 Å². The van der Waals surface area contributed by atoms with E-state index in [1.807, 2.05) is 0 Å². The maximum atomic E-state index is 11.0. The molecule has 2 aromatic rings. The van der Waals surface area contributed by atoms with Crippen LogP contribution in [0.25, 0.3) is 11.0 Å². The van der Waals surface area contributed by atoms with Crippen molar-refractivity contribution in [1.29, 1.82) is 0 Å². The number of nitrogens with zero attached hydrogens (tertiary/aromatic N) is 2. The minimum Gasteiger partial charge on any atom is -0.477 e. The van der Waals surface area contributed by atoms with Gasteiger partial charge in [-0.2, -0.15) is 0 Å². The van der Waals surface area contributed by atoms with Gasteiger partial charge in [-0.25, -0.2) is 9.78 Å². The molecule has 0 atom stereocenters. The first kappa shape index (κ1) is 10.1. The number of H-pyrrole nitrogens is 1. The minimum absolute atomic E-state index is 0.180. The fraction of sp³-hybridized carbons (Fsp3) is 0.111. The molecule has 0 aliphatic carbocycles. The highest BCUT2D eigenvalue weighted by atomic mass is 16.6. The molecule has 1 heterocycles. The van der Waals surface area contributed by atoms with Crippen molar-refractivity contribution < 1.29 is 14.8 Å². The summed E-state index contributed by atoms with van der Waals surface area (Å²) in [7, 11) is 0. The Morgan fingerprint density at radius 1 is 1.62 bits per heavy atom. The summed E-state index contributed by atoms with van der Waals surface area (Å²) in [6.07, 6.45) is 1.31. The number of hydrogen-bond donors (Lipinski definition) is 2. The molecule has 7 heteroatoms. The summed E-state index contributed by atoms with van der Waals surface area (Å²) in [5, 5.41) is 19.7. The first-order chi connectivity index (χ1) is 7.52. The second-order valence-electron chi connectivity index (χ2n) is 3.28. The number of rotatable bonds is 2. The summed E-state index contributed by atoms with van der Waals surface area (Å²) in [6, 6.07) is 1.21. The highest BCUT2D eigenvalue weighted by Gasteiger charge is 2.25. The lowest BCUT2D eigenvalue weighted by molar-refractivity contribution is -0.385. The third-order valence-corrected chi connectivity index (χ3v) is 2.28. The predicted molar refractivity (Wildman–Crippen MR) is 54.4 cm³/mol. The average molecular weight is 221 g/mol. The van der Waals surface area contributed by atoms with Crippen molar-refractivity contribution in [2.45, 2.75) is 6.92 Å². The summed E-state index contributed by atoms with van der Waals surface area (Å²) in [4.78, 5) is 27.6. The molecule has 0 saturated carbocycles. The number of benzene rings is 1. The van der Waals surface area contributed by atoms with Gasteiger partial charge in [-0.15, -0.1) is 0 Å². The quantitative estimate of drug-likeness (QED) is 0.589. The van der Waals surface area contributed by atoms with Crippen LogP contribution in [-0.4, -0.2) is 26.0 Å². The van der Waals surface area contributed by atoms with Crippen molar-refractivity contribution in [3.63, 3.8) is 0 Å². The highest BCUT2D eigenvalue weighted by Crippen LogP contribution is 2.28. The molecule has 0 saturated heterocycles. The molecule has 0 amide bonds. The van der Waals surface area contributed by atoms with Gasteiger partial charge in [-0.1, -0.05) is 0 Å². The van der Waals surface area contributed by atoms with Crippen LogP contribution in [0.5, 0.6) is 0 Å². The van der Waals surface area contributed by atoms with Crippen LogP contribution in [0.3, 0.4) is 0 Å². The van der Waals surface area contributed by atoms with Gasteiger partial charge < -0.3 is 10.1 Å². The smallest absolute Gasteiger partial charge is 0.344 e. The Morgan fingerprint density at radius 3 is 2.88 bits per heavy atom. The Labute approximate surface area is 88.9 Å². The van der Waals surface area contributed by atoms with E-state index in [1.54, 1.807) is 6.92 Å². The molecular weight excluding hydrogens is 214 g/mol. The van der Waals surface area contributed by atoms with Gasteiger partial charge in [0.1, 0.15) is 0 Å². The molecule has 7 nitrogen and oxygen atoms in total. The van der Waals surface area contributed by atoms with E-state index >= 15 is 0 Å². The topological polar surface area (TPSA) is 109 Å². The van der Waals surface area contributed by atoms with E-state index in [0.717, 1.165) is 0 Å². The summed E-state index contributed by atoms with van der Waals surface area (Å²) in [5.41, 5.74) is 0.389. The minimum atomic E-state index is -1.35. The van der Waals surface area contributed by atoms with Crippen LogP contribution in [-0.2, 0) is 0 Å². The monoisotopic (exact) mass is 221 g/mol. The van der Waals surface area contributed by atoms with E-state index < -0.39 is 16.6 Å². The molecule has 0 bridgehead atoms. The molecule has 16 heavy (non-hydrogen) atoms. The van der Waals surface area contributed by atoms with E-state index in [1.165, 1.54) is 12.4 Å². The molecule has 0 radical (unpaired) electrons. The third kappa shape index (κ3) is 1.29. The predicted octanol–water partition coefficient (Wildman–Crippen LogP) is 1.48. The summed E-state index contributed by atoms with van der Waals surface area (Å²) < 4.78 is 0. The van der Waals surface area contributed by atoms with Crippen molar-refractivity contribution in [2.24, 2.45) is 0 Å². The lowest BCUT2D eigenvalue weighted by Gasteiger charge is -2.01. The van der Waals surface area contributed by atoms with E-state index in [9.17, 15) is 14.9 Å². The lowest BCUT2D eigenvalue weighted by Crippen LogP contribution is -2.04. The average Bonchev–Trinajstić information content (AvgIpc) is 2.65. The first-order valence-electron chi connectivity index (χ1n) is 4.36. The van der Waals surface area contributed by atoms with Gasteiger partial charge in [0.25, 0.3) is 5.69 Å². The normalized spacial score (nSPS) is 10.6. The third-order valence-electron chi connectivity index (χ3n) is 2.28. The zero-order chi connectivity index (χ0) is 11.9. The van der Waals surface area contributed by atoms with Crippen LogP contribution < -0.4 is 0 Å². The number of nitrogens with one attached hydrogen (secondary N) is 1. The summed E-state index contributed by atoms with van der Waals surface area (Å²) in [6.45, 7) is 1.64. The van der Waals surface area contributed by atoms with Crippen LogP contribution in [0.15, 0.2) is 12.4 Å². The molecular formula is C9H7N3O4. The standard InChI is InChI=1S/C9H7N3O4/c1-4-2-5(12(15)16)6(9(13)14)8-7(4)10-3-11-8/h2-3H,1H3,(H,10,11)(H,13,14). The van der Waals surface area contributed by atoms with Crippen molar-refractivity contribution >= 4 is 22.7 Å². The number of aromatic nitrogens is 2. The molecule has 2 rings (SSSR count). The molecule has 0 spiro atoms. The number of aromatic amines is 1. The maximum absolute atomic E-state index is 11.0. The Morgan fingerprint density at radius 2 is 2.31 bits per heavy atom. The number of hydrogen-bond acceptors (Lipinski definition) is 4. The van der Waals surface area contributed by atoms with E-state index in [4.69, 9.17) is 5.11 Å². The van der Waals surface area contributed by atoms with Crippen molar-refractivity contribution in [2.75, 3.05) is 0 Å². The van der Waals surface area contributed by atoms with Crippen LogP contribution in [0.1, 0.15) is 15.9 Å². The Bertz CT molecular complexity index is 602. The fourth-order valence-electron chi connectivity index (χ4n) is 1.62. The largest absolute Gasteiger partial charge is 0.477 e. The van der Waals surface area contributed by atoms with E-state index in [2.05, 4.69) is 9.97 Å². The summed E-state index contributed by atoms with van der Waals surface area (Å²) >= 11 is 0. The van der Waals surface area contributed by atoms with Crippen LogP contribution in [0.2, 0.25) is 0 Å². The lowest BCUT2D eigenvalue weighted by atomic mass is 10.1. The summed E-state index contributed by atoms with van der Waals surface area (Å²) in [5.74, 6) is -1.35. The molecule has 0 aliphatic heterocycles. The Kier molecular flexibility index (Phi) is 2.08. The van der Waals surface area contributed by atoms with Crippen LogP contribution in [0, 0.1) is 17.0 Å². The second-order valence-corrected chi connectivity index (χ2v) is 3.28. The van der Waals surface area contributed by atoms with Gasteiger partial charge >= 0.3 is 5.97 Å². The number of carboxylic acids is 1. The first-order valence-corrected chi connectivity index (χ1v) is 4.36. The van der Waals surface area contributed by atoms with E-state index in [0.29, 0.717) is 11.1 Å². The van der Waals surface area contributed by atoms with Crippen LogP contribution in [0.4, 0.5) is 5.69 Å². The van der Waals surface area contributed by atoms with Crippen molar-refractivity contribution in [3.05, 3.63) is 33.6 Å². The van der Waals surface area contributed by atoms with Gasteiger partial charge in [0.05, 0.1) is 22.3 Å². The molecule has 2 N–H and O–H groups in total. The van der Waals surface area contributed by atoms with Crippen molar-refractivity contribution in [1.82, 2.24) is 9.97 Å². The number of carbonyl (C=O) groups is 1. The zero-order valence-corrected chi connectivity index (χ0v) is 8.22.